The van der Waals surface area contributed by atoms with Crippen LogP contribution in [0.15, 0.2) is 194 Å². The highest BCUT2D eigenvalue weighted by molar-refractivity contribution is 6.17. The standard InChI is InChI=1S/C52H32N2/c1-2-11-33(12-3-1)35-23-27-50-45(30-35)42-16-6-9-20-49(42)54(50)39-26-28-51-46(32-39)43-17-7-8-19-48(43)53(51)38-24-21-34(22-25-38)37-29-36-13-10-18-44-40-14-4-5-15-41(40)47(31-37)52(36)44/h1-32H. The van der Waals surface area contributed by atoms with Crippen molar-refractivity contribution in [1.82, 2.24) is 9.13 Å². The van der Waals surface area contributed by atoms with Gasteiger partial charge in [0.1, 0.15) is 0 Å². The summed E-state index contributed by atoms with van der Waals surface area (Å²) in [7, 11) is 0. The Kier molecular flexibility index (Phi) is 6.09. The van der Waals surface area contributed by atoms with Crippen molar-refractivity contribution in [2.75, 3.05) is 0 Å². The van der Waals surface area contributed by atoms with E-state index in [1.165, 1.54) is 98.9 Å². The molecule has 9 aromatic carbocycles. The fourth-order valence-corrected chi connectivity index (χ4v) is 9.23. The van der Waals surface area contributed by atoms with Crippen molar-refractivity contribution in [1.29, 1.82) is 0 Å². The average molecular weight is 685 g/mol. The molecule has 0 amide bonds. The van der Waals surface area contributed by atoms with E-state index in [9.17, 15) is 0 Å². The number of hydrogen-bond donors (Lipinski definition) is 0. The molecule has 0 radical (unpaired) electrons. The van der Waals surface area contributed by atoms with Gasteiger partial charge in [0.05, 0.1) is 22.1 Å². The van der Waals surface area contributed by atoms with Gasteiger partial charge in [-0.3, -0.25) is 0 Å². The van der Waals surface area contributed by atoms with Gasteiger partial charge in [0, 0.05) is 32.9 Å². The molecule has 0 atom stereocenters. The van der Waals surface area contributed by atoms with E-state index in [0.717, 1.165) is 11.4 Å². The minimum absolute atomic E-state index is 1.15. The van der Waals surface area contributed by atoms with Crippen molar-refractivity contribution in [3.63, 3.8) is 0 Å². The first-order valence-electron chi connectivity index (χ1n) is 18.7. The number of nitrogens with zero attached hydrogens (tertiary/aromatic N) is 2. The molecule has 2 heterocycles. The third-order valence-corrected chi connectivity index (χ3v) is 11.6. The van der Waals surface area contributed by atoms with Crippen LogP contribution in [0.25, 0.3) is 110 Å². The zero-order valence-corrected chi connectivity index (χ0v) is 29.4. The Bertz CT molecular complexity index is 3310. The largest absolute Gasteiger partial charge is 0.309 e. The zero-order chi connectivity index (χ0) is 35.3. The minimum atomic E-state index is 1.15. The van der Waals surface area contributed by atoms with Gasteiger partial charge >= 0.3 is 0 Å². The third kappa shape index (κ3) is 4.17. The molecule has 0 bridgehead atoms. The topological polar surface area (TPSA) is 9.86 Å². The van der Waals surface area contributed by atoms with Gasteiger partial charge in [0.2, 0.25) is 0 Å². The van der Waals surface area contributed by atoms with Crippen LogP contribution in [0.3, 0.4) is 0 Å². The van der Waals surface area contributed by atoms with Gasteiger partial charge in [-0.05, 0) is 122 Å². The molecule has 1 aliphatic carbocycles. The Hall–Kier alpha value is -7.16. The summed E-state index contributed by atoms with van der Waals surface area (Å²) >= 11 is 0. The molecule has 2 heteroatoms. The van der Waals surface area contributed by atoms with Crippen molar-refractivity contribution in [3.05, 3.63) is 194 Å². The van der Waals surface area contributed by atoms with Gasteiger partial charge in [-0.1, -0.05) is 127 Å². The Balaban J connectivity index is 0.991. The second kappa shape index (κ2) is 11.2. The summed E-state index contributed by atoms with van der Waals surface area (Å²) < 4.78 is 4.84. The zero-order valence-electron chi connectivity index (χ0n) is 29.4. The monoisotopic (exact) mass is 684 g/mol. The highest BCUT2D eigenvalue weighted by Gasteiger charge is 2.22. The van der Waals surface area contributed by atoms with Crippen LogP contribution in [-0.4, -0.2) is 9.13 Å². The van der Waals surface area contributed by atoms with Gasteiger partial charge < -0.3 is 9.13 Å². The minimum Gasteiger partial charge on any atom is -0.309 e. The fourth-order valence-electron chi connectivity index (χ4n) is 9.23. The quantitative estimate of drug-likeness (QED) is 0.175. The summed E-state index contributed by atoms with van der Waals surface area (Å²) in [6.45, 7) is 0. The van der Waals surface area contributed by atoms with E-state index in [2.05, 4.69) is 203 Å². The van der Waals surface area contributed by atoms with Gasteiger partial charge in [-0.2, -0.15) is 0 Å². The van der Waals surface area contributed by atoms with E-state index in [1.807, 2.05) is 0 Å². The second-order valence-electron chi connectivity index (χ2n) is 14.5. The molecule has 0 N–H and O–H groups in total. The SMILES string of the molecule is c1ccc(-c2ccc3c(c2)c2ccccc2n3-c2ccc3c(c2)c2ccccc2n3-c2ccc(-c3cc4c5c(cccc5c3)-c3ccccc3-4)cc2)cc1. The first-order valence-corrected chi connectivity index (χ1v) is 18.7. The number of benzene rings is 9. The van der Waals surface area contributed by atoms with Crippen molar-refractivity contribution < 1.29 is 0 Å². The smallest absolute Gasteiger partial charge is 0.0542 e. The summed E-state index contributed by atoms with van der Waals surface area (Å²) in [5.74, 6) is 0. The molecule has 54 heavy (non-hydrogen) atoms. The first-order chi connectivity index (χ1) is 26.8. The van der Waals surface area contributed by atoms with Gasteiger partial charge in [0.25, 0.3) is 0 Å². The fraction of sp³-hybridized carbons (Fsp3) is 0. The summed E-state index contributed by atoms with van der Waals surface area (Å²) in [5, 5.41) is 7.67. The molecule has 0 saturated heterocycles. The van der Waals surface area contributed by atoms with E-state index in [0.29, 0.717) is 0 Å². The van der Waals surface area contributed by atoms with E-state index in [-0.39, 0.29) is 0 Å². The Morgan fingerprint density at radius 2 is 0.796 bits per heavy atom. The van der Waals surface area contributed by atoms with E-state index < -0.39 is 0 Å². The highest BCUT2D eigenvalue weighted by atomic mass is 15.0. The Morgan fingerprint density at radius 1 is 0.259 bits per heavy atom. The molecule has 0 saturated carbocycles. The van der Waals surface area contributed by atoms with Crippen molar-refractivity contribution in [3.8, 4) is 55.9 Å². The molecule has 0 unspecified atom stereocenters. The summed E-state index contributed by atoms with van der Waals surface area (Å²) in [4.78, 5) is 0. The predicted molar refractivity (Wildman–Crippen MR) is 228 cm³/mol. The molecule has 2 aromatic heterocycles. The maximum absolute atomic E-state index is 2.43. The van der Waals surface area contributed by atoms with Crippen LogP contribution in [-0.2, 0) is 0 Å². The van der Waals surface area contributed by atoms with Crippen molar-refractivity contribution in [2.24, 2.45) is 0 Å². The lowest BCUT2D eigenvalue weighted by molar-refractivity contribution is 1.17. The third-order valence-electron chi connectivity index (χ3n) is 11.6. The van der Waals surface area contributed by atoms with E-state index in [1.54, 1.807) is 0 Å². The maximum Gasteiger partial charge on any atom is 0.0542 e. The number of para-hydroxylation sites is 2. The lowest BCUT2D eigenvalue weighted by atomic mass is 9.96. The molecule has 1 aliphatic rings. The molecule has 250 valence electrons. The van der Waals surface area contributed by atoms with Gasteiger partial charge in [-0.25, -0.2) is 0 Å². The first kappa shape index (κ1) is 29.4. The number of rotatable bonds is 4. The van der Waals surface area contributed by atoms with Gasteiger partial charge in [-0.15, -0.1) is 0 Å². The van der Waals surface area contributed by atoms with Crippen molar-refractivity contribution in [2.45, 2.75) is 0 Å². The average Bonchev–Trinajstić information content (AvgIpc) is 3.87. The lowest BCUT2D eigenvalue weighted by Gasteiger charge is -2.12. The lowest BCUT2D eigenvalue weighted by Crippen LogP contribution is -1.96. The number of hydrogen-bond acceptors (Lipinski definition) is 0. The maximum atomic E-state index is 2.43. The van der Waals surface area contributed by atoms with Crippen LogP contribution in [0.5, 0.6) is 0 Å². The molecule has 0 spiro atoms. The Morgan fingerprint density at radius 3 is 1.56 bits per heavy atom. The molecule has 0 fully saturated rings. The van der Waals surface area contributed by atoms with Crippen LogP contribution in [0.4, 0.5) is 0 Å². The molecular formula is C52H32N2. The molecule has 0 aliphatic heterocycles. The van der Waals surface area contributed by atoms with Crippen LogP contribution in [0.1, 0.15) is 0 Å². The molecule has 11 aromatic rings. The molecular weight excluding hydrogens is 653 g/mol. The van der Waals surface area contributed by atoms with Crippen LogP contribution in [0, 0.1) is 0 Å². The molecule has 12 rings (SSSR count). The predicted octanol–water partition coefficient (Wildman–Crippen LogP) is 14.0. The van der Waals surface area contributed by atoms with Crippen molar-refractivity contribution >= 4 is 54.4 Å². The van der Waals surface area contributed by atoms with Crippen LogP contribution < -0.4 is 0 Å². The number of fused-ring (bicyclic) bond motifs is 9. The Labute approximate surface area is 312 Å². The van der Waals surface area contributed by atoms with E-state index in [4.69, 9.17) is 0 Å². The summed E-state index contributed by atoms with van der Waals surface area (Å²) in [6, 6.07) is 71.4. The number of aromatic nitrogens is 2. The highest BCUT2D eigenvalue weighted by Crippen LogP contribution is 2.48. The van der Waals surface area contributed by atoms with Crippen LogP contribution in [0.2, 0.25) is 0 Å². The second-order valence-corrected chi connectivity index (χ2v) is 14.5. The van der Waals surface area contributed by atoms with Crippen LogP contribution >= 0.6 is 0 Å². The normalized spacial score (nSPS) is 12.1. The van der Waals surface area contributed by atoms with Gasteiger partial charge in [0.15, 0.2) is 0 Å². The summed E-state index contributed by atoms with van der Waals surface area (Å²) in [5.41, 5.74) is 17.4. The van der Waals surface area contributed by atoms with E-state index >= 15 is 0 Å². The summed E-state index contributed by atoms with van der Waals surface area (Å²) in [6.07, 6.45) is 0. The molecule has 2 nitrogen and oxygen atoms in total.